The Morgan fingerprint density at radius 3 is 2.35 bits per heavy atom. The predicted octanol–water partition coefficient (Wildman–Crippen LogP) is 1.65. The van der Waals surface area contributed by atoms with E-state index < -0.39 is 24.7 Å². The molecule has 1 aliphatic carbocycles. The van der Waals surface area contributed by atoms with Crippen molar-refractivity contribution >= 4 is 5.91 Å². The number of nitrogens with two attached hydrogens (primary N) is 1. The van der Waals surface area contributed by atoms with Gasteiger partial charge in [0.05, 0.1) is 6.04 Å². The monoisotopic (exact) mass is 295 g/mol. The van der Waals surface area contributed by atoms with Crippen molar-refractivity contribution in [3.8, 4) is 0 Å². The highest BCUT2D eigenvalue weighted by Gasteiger charge is 2.32. The quantitative estimate of drug-likeness (QED) is 0.811. The van der Waals surface area contributed by atoms with E-state index in [0.29, 0.717) is 6.54 Å². The molecule has 118 valence electrons. The first kappa shape index (κ1) is 17.2. The number of alkyl halides is 3. The van der Waals surface area contributed by atoms with E-state index in [9.17, 15) is 18.0 Å². The molecule has 1 amide bonds. The summed E-state index contributed by atoms with van der Waals surface area (Å²) in [7, 11) is 0. The summed E-state index contributed by atoms with van der Waals surface area (Å²) >= 11 is 0. The smallest absolute Gasteiger partial charge is 0.346 e. The first-order valence-corrected chi connectivity index (χ1v) is 7.10. The van der Waals surface area contributed by atoms with Gasteiger partial charge in [0.1, 0.15) is 6.54 Å². The third-order valence-electron chi connectivity index (χ3n) is 3.92. The fourth-order valence-electron chi connectivity index (χ4n) is 2.77. The fourth-order valence-corrected chi connectivity index (χ4v) is 2.77. The zero-order valence-corrected chi connectivity index (χ0v) is 12.0. The van der Waals surface area contributed by atoms with Gasteiger partial charge in [0, 0.05) is 12.1 Å². The van der Waals surface area contributed by atoms with Crippen molar-refractivity contribution in [2.45, 2.75) is 63.8 Å². The van der Waals surface area contributed by atoms with Crippen LogP contribution in [0, 0.1) is 0 Å². The highest BCUT2D eigenvalue weighted by atomic mass is 19.4. The van der Waals surface area contributed by atoms with Crippen molar-refractivity contribution < 1.29 is 18.0 Å². The molecule has 0 aromatic carbocycles. The van der Waals surface area contributed by atoms with E-state index in [0.717, 1.165) is 25.7 Å². The Morgan fingerprint density at radius 1 is 1.35 bits per heavy atom. The number of nitrogens with one attached hydrogen (secondary N) is 1. The van der Waals surface area contributed by atoms with Gasteiger partial charge in [0.15, 0.2) is 0 Å². The summed E-state index contributed by atoms with van der Waals surface area (Å²) < 4.78 is 36.4. The summed E-state index contributed by atoms with van der Waals surface area (Å²) in [6.07, 6.45) is -0.780. The first-order chi connectivity index (χ1) is 9.24. The molecule has 0 bridgehead atoms. The molecule has 0 spiro atoms. The average Bonchev–Trinajstić information content (AvgIpc) is 2.38. The van der Waals surface area contributed by atoms with E-state index in [2.05, 4.69) is 0 Å². The van der Waals surface area contributed by atoms with Gasteiger partial charge in [-0.25, -0.2) is 0 Å². The topological polar surface area (TPSA) is 58.4 Å². The van der Waals surface area contributed by atoms with Crippen molar-refractivity contribution in [3.63, 3.8) is 0 Å². The van der Waals surface area contributed by atoms with Crippen LogP contribution in [0.5, 0.6) is 0 Å². The lowest BCUT2D eigenvalue weighted by atomic mass is 9.90. The van der Waals surface area contributed by atoms with Crippen LogP contribution in [0.25, 0.3) is 0 Å². The Morgan fingerprint density at radius 2 is 1.90 bits per heavy atom. The van der Waals surface area contributed by atoms with E-state index in [1.165, 1.54) is 0 Å². The maximum absolute atomic E-state index is 12.1. The molecule has 1 atom stereocenters. The molecule has 0 aliphatic heterocycles. The average molecular weight is 295 g/mol. The molecular weight excluding hydrogens is 271 g/mol. The van der Waals surface area contributed by atoms with Crippen molar-refractivity contribution in [1.82, 2.24) is 10.2 Å². The largest absolute Gasteiger partial charge is 0.405 e. The molecule has 4 nitrogen and oxygen atoms in total. The molecule has 20 heavy (non-hydrogen) atoms. The van der Waals surface area contributed by atoms with Crippen LogP contribution in [0.2, 0.25) is 0 Å². The van der Waals surface area contributed by atoms with Gasteiger partial charge in [0.2, 0.25) is 5.91 Å². The number of likely N-dealkylation sites (N-methyl/N-ethyl adjacent to an activating group) is 1. The Bertz CT molecular complexity index is 314. The van der Waals surface area contributed by atoms with Crippen LogP contribution in [0.15, 0.2) is 0 Å². The normalized spacial score (nSPS) is 25.6. The van der Waals surface area contributed by atoms with Crippen LogP contribution < -0.4 is 11.1 Å². The predicted molar refractivity (Wildman–Crippen MR) is 71.1 cm³/mol. The van der Waals surface area contributed by atoms with Gasteiger partial charge in [0.25, 0.3) is 0 Å². The lowest BCUT2D eigenvalue weighted by Gasteiger charge is -2.38. The van der Waals surface area contributed by atoms with Crippen LogP contribution in [-0.2, 0) is 4.79 Å². The van der Waals surface area contributed by atoms with Crippen molar-refractivity contribution in [2.75, 3.05) is 13.1 Å². The number of hydrogen-bond donors (Lipinski definition) is 2. The molecule has 0 radical (unpaired) electrons. The molecule has 0 saturated heterocycles. The molecule has 0 aromatic heterocycles. The van der Waals surface area contributed by atoms with Gasteiger partial charge < -0.3 is 11.1 Å². The van der Waals surface area contributed by atoms with E-state index in [1.807, 2.05) is 17.1 Å². The number of halogens is 3. The van der Waals surface area contributed by atoms with Crippen LogP contribution in [0.3, 0.4) is 0 Å². The van der Waals surface area contributed by atoms with Crippen LogP contribution in [0.4, 0.5) is 13.2 Å². The van der Waals surface area contributed by atoms with Gasteiger partial charge in [-0.15, -0.1) is 0 Å². The van der Waals surface area contributed by atoms with Crippen molar-refractivity contribution in [1.29, 1.82) is 0 Å². The molecule has 1 aliphatic rings. The highest BCUT2D eigenvalue weighted by Crippen LogP contribution is 2.23. The summed E-state index contributed by atoms with van der Waals surface area (Å²) in [6, 6.07) is -0.118. The molecular formula is C13H24F3N3O. The summed E-state index contributed by atoms with van der Waals surface area (Å²) in [6.45, 7) is 2.94. The molecule has 0 aromatic rings. The zero-order chi connectivity index (χ0) is 15.3. The third-order valence-corrected chi connectivity index (χ3v) is 3.92. The molecule has 1 unspecified atom stereocenters. The van der Waals surface area contributed by atoms with Crippen LogP contribution in [0.1, 0.15) is 39.5 Å². The van der Waals surface area contributed by atoms with Gasteiger partial charge >= 0.3 is 6.18 Å². The summed E-state index contributed by atoms with van der Waals surface area (Å²) in [5.41, 5.74) is 5.85. The maximum Gasteiger partial charge on any atom is 0.405 e. The van der Waals surface area contributed by atoms with E-state index in [-0.39, 0.29) is 12.1 Å². The number of nitrogens with zero attached hydrogens (tertiary/aromatic N) is 1. The molecule has 3 N–H and O–H groups in total. The lowest BCUT2D eigenvalue weighted by Crippen LogP contribution is -2.52. The Labute approximate surface area is 117 Å². The second-order valence-electron chi connectivity index (χ2n) is 5.41. The Kier molecular flexibility index (Phi) is 6.26. The maximum atomic E-state index is 12.1. The van der Waals surface area contributed by atoms with Gasteiger partial charge in [-0.1, -0.05) is 6.92 Å². The van der Waals surface area contributed by atoms with Crippen LogP contribution in [-0.4, -0.2) is 48.2 Å². The van der Waals surface area contributed by atoms with E-state index in [4.69, 9.17) is 5.73 Å². The minimum absolute atomic E-state index is 0.208. The number of carbonyl (C=O) groups is 1. The number of carbonyl (C=O) groups excluding carboxylic acids is 1. The zero-order valence-electron chi connectivity index (χ0n) is 12.0. The highest BCUT2D eigenvalue weighted by molar-refractivity contribution is 5.81. The van der Waals surface area contributed by atoms with E-state index >= 15 is 0 Å². The standard InChI is InChI=1S/C13H24F3N3O/c1-3-19(11-6-4-10(17)5-7-11)9(2)12(20)18-8-13(14,15)16/h9-11H,3-8,17H2,1-2H3,(H,18,20). The lowest BCUT2D eigenvalue weighted by molar-refractivity contribution is -0.141. The van der Waals surface area contributed by atoms with Crippen LogP contribution >= 0.6 is 0 Å². The third kappa shape index (κ3) is 5.28. The van der Waals surface area contributed by atoms with Gasteiger partial charge in [-0.05, 0) is 39.2 Å². The van der Waals surface area contributed by atoms with Crippen molar-refractivity contribution in [3.05, 3.63) is 0 Å². The first-order valence-electron chi connectivity index (χ1n) is 7.10. The molecule has 7 heteroatoms. The summed E-state index contributed by atoms with van der Waals surface area (Å²) in [4.78, 5) is 13.8. The minimum Gasteiger partial charge on any atom is -0.346 e. The second-order valence-corrected chi connectivity index (χ2v) is 5.41. The van der Waals surface area contributed by atoms with Crippen molar-refractivity contribution in [2.24, 2.45) is 5.73 Å². The molecule has 1 saturated carbocycles. The SMILES string of the molecule is CCN(C1CCC(N)CC1)C(C)C(=O)NCC(F)(F)F. The number of hydrogen-bond acceptors (Lipinski definition) is 3. The molecule has 1 fully saturated rings. The minimum atomic E-state index is -4.37. The second kappa shape index (κ2) is 7.26. The van der Waals surface area contributed by atoms with E-state index in [1.54, 1.807) is 6.92 Å². The molecule has 1 rings (SSSR count). The van der Waals surface area contributed by atoms with Gasteiger partial charge in [-0.2, -0.15) is 13.2 Å². The summed E-state index contributed by atoms with van der Waals surface area (Å²) in [5, 5.41) is 1.95. The Hall–Kier alpha value is -0.820. The Balaban J connectivity index is 2.53. The molecule has 0 heterocycles. The number of rotatable bonds is 5. The summed E-state index contributed by atoms with van der Waals surface area (Å²) in [5.74, 6) is -0.570. The van der Waals surface area contributed by atoms with Gasteiger partial charge in [-0.3, -0.25) is 9.69 Å². The fraction of sp³-hybridized carbons (Fsp3) is 0.923. The number of amides is 1.